The highest BCUT2D eigenvalue weighted by atomic mass is 79.9. The van der Waals surface area contributed by atoms with Crippen LogP contribution in [0.3, 0.4) is 0 Å². The molecular weight excluding hydrogens is 320 g/mol. The van der Waals surface area contributed by atoms with Gasteiger partial charge in [-0.2, -0.15) is 0 Å². The summed E-state index contributed by atoms with van der Waals surface area (Å²) in [6.45, 7) is 3.43. The average Bonchev–Trinajstić information content (AvgIpc) is 2.56. The molecule has 0 radical (unpaired) electrons. The van der Waals surface area contributed by atoms with Crippen LogP contribution in [-0.4, -0.2) is 31.1 Å². The van der Waals surface area contributed by atoms with E-state index in [1.807, 2.05) is 0 Å². The Morgan fingerprint density at radius 2 is 2.29 bits per heavy atom. The van der Waals surface area contributed by atoms with Crippen molar-refractivity contribution >= 4 is 39.7 Å². The zero-order chi connectivity index (χ0) is 11.4. The van der Waals surface area contributed by atoms with E-state index in [9.17, 15) is 0 Å². The third-order valence-electron chi connectivity index (χ3n) is 3.22. The summed E-state index contributed by atoms with van der Waals surface area (Å²) in [5.41, 5.74) is 1.43. The first kappa shape index (κ1) is 15.4. The van der Waals surface area contributed by atoms with Crippen LogP contribution in [0.5, 0.6) is 0 Å². The van der Waals surface area contributed by atoms with Crippen molar-refractivity contribution in [2.24, 2.45) is 0 Å². The van der Waals surface area contributed by atoms with Gasteiger partial charge in [-0.3, -0.25) is 4.90 Å². The van der Waals surface area contributed by atoms with Gasteiger partial charge in [0.15, 0.2) is 0 Å². The number of nitrogens with one attached hydrogen (secondary N) is 1. The molecule has 0 aromatic carbocycles. The Labute approximate surface area is 122 Å². The van der Waals surface area contributed by atoms with Crippen LogP contribution in [0.1, 0.15) is 24.8 Å². The predicted molar refractivity (Wildman–Crippen MR) is 81.2 cm³/mol. The third kappa shape index (κ3) is 4.87. The van der Waals surface area contributed by atoms with Crippen LogP contribution in [0.2, 0.25) is 0 Å². The zero-order valence-corrected chi connectivity index (χ0v) is 13.3. The molecular formula is C12H20BrClN2S. The van der Waals surface area contributed by atoms with E-state index in [-0.39, 0.29) is 12.4 Å². The highest BCUT2D eigenvalue weighted by Gasteiger charge is 2.16. The number of thiophene rings is 1. The van der Waals surface area contributed by atoms with E-state index in [1.54, 1.807) is 11.3 Å². The van der Waals surface area contributed by atoms with Crippen molar-refractivity contribution in [1.29, 1.82) is 0 Å². The summed E-state index contributed by atoms with van der Waals surface area (Å²) in [5.74, 6) is 0. The van der Waals surface area contributed by atoms with Crippen molar-refractivity contribution in [3.63, 3.8) is 0 Å². The minimum atomic E-state index is 0. The first-order valence-electron chi connectivity index (χ1n) is 5.89. The number of rotatable bonds is 3. The van der Waals surface area contributed by atoms with Crippen LogP contribution in [0, 0.1) is 0 Å². The maximum absolute atomic E-state index is 3.52. The molecule has 1 unspecified atom stereocenters. The summed E-state index contributed by atoms with van der Waals surface area (Å²) in [7, 11) is 2.25. The highest BCUT2D eigenvalue weighted by Crippen LogP contribution is 2.23. The first-order valence-corrected chi connectivity index (χ1v) is 7.57. The Bertz CT molecular complexity index is 324. The topological polar surface area (TPSA) is 15.3 Å². The van der Waals surface area contributed by atoms with Crippen LogP contribution >= 0.6 is 39.7 Å². The molecule has 1 fully saturated rings. The summed E-state index contributed by atoms with van der Waals surface area (Å²) in [6.07, 6.45) is 3.92. The van der Waals surface area contributed by atoms with Crippen LogP contribution in [0.25, 0.3) is 0 Å². The van der Waals surface area contributed by atoms with Gasteiger partial charge in [0, 0.05) is 12.6 Å². The van der Waals surface area contributed by atoms with Crippen molar-refractivity contribution < 1.29 is 0 Å². The lowest BCUT2D eigenvalue weighted by Gasteiger charge is -2.26. The summed E-state index contributed by atoms with van der Waals surface area (Å²) < 4.78 is 1.23. The predicted octanol–water partition coefficient (Wildman–Crippen LogP) is 3.51. The average molecular weight is 340 g/mol. The van der Waals surface area contributed by atoms with Crippen LogP contribution in [0.15, 0.2) is 15.2 Å². The Morgan fingerprint density at radius 1 is 1.47 bits per heavy atom. The van der Waals surface area contributed by atoms with E-state index in [1.165, 1.54) is 41.7 Å². The van der Waals surface area contributed by atoms with Gasteiger partial charge in [-0.25, -0.2) is 0 Å². The minimum Gasteiger partial charge on any atom is -0.317 e. The molecule has 0 spiro atoms. The molecule has 17 heavy (non-hydrogen) atoms. The van der Waals surface area contributed by atoms with Crippen LogP contribution < -0.4 is 5.32 Å². The molecule has 0 saturated carbocycles. The van der Waals surface area contributed by atoms with E-state index in [0.29, 0.717) is 0 Å². The number of nitrogens with zero attached hydrogens (tertiary/aromatic N) is 1. The highest BCUT2D eigenvalue weighted by molar-refractivity contribution is 9.11. The Balaban J connectivity index is 0.00000144. The third-order valence-corrected chi connectivity index (χ3v) is 4.78. The van der Waals surface area contributed by atoms with Gasteiger partial charge in [-0.05, 0) is 72.3 Å². The van der Waals surface area contributed by atoms with E-state index in [2.05, 4.69) is 44.6 Å². The summed E-state index contributed by atoms with van der Waals surface area (Å²) >= 11 is 5.30. The lowest BCUT2D eigenvalue weighted by Crippen LogP contribution is -2.31. The lowest BCUT2D eigenvalue weighted by molar-refractivity contribution is 0.217. The van der Waals surface area contributed by atoms with Gasteiger partial charge in [0.1, 0.15) is 0 Å². The number of hydrogen-bond acceptors (Lipinski definition) is 3. The molecule has 1 atom stereocenters. The number of hydrogen-bond donors (Lipinski definition) is 1. The van der Waals surface area contributed by atoms with Crippen molar-refractivity contribution in [2.75, 3.05) is 20.1 Å². The van der Waals surface area contributed by atoms with Gasteiger partial charge in [0.25, 0.3) is 0 Å². The van der Waals surface area contributed by atoms with Gasteiger partial charge in [0.2, 0.25) is 0 Å². The summed E-state index contributed by atoms with van der Waals surface area (Å²) in [6, 6.07) is 2.98. The second-order valence-electron chi connectivity index (χ2n) is 4.51. The standard InChI is InChI=1S/C12H19BrN2S.ClH/c1-15(8-10-7-12(13)16-9-10)11-3-2-5-14-6-4-11;/h7,9,11,14H,2-6,8H2,1H3;1H. The van der Waals surface area contributed by atoms with Crippen LogP contribution in [0.4, 0.5) is 0 Å². The molecule has 5 heteroatoms. The quantitative estimate of drug-likeness (QED) is 0.906. The fourth-order valence-corrected chi connectivity index (χ4v) is 3.49. The molecule has 1 aromatic rings. The normalized spacial score (nSPS) is 21.0. The lowest BCUT2D eigenvalue weighted by atomic mass is 10.1. The second-order valence-corrected chi connectivity index (χ2v) is 6.80. The van der Waals surface area contributed by atoms with Crippen LogP contribution in [-0.2, 0) is 6.54 Å². The van der Waals surface area contributed by atoms with E-state index in [4.69, 9.17) is 0 Å². The number of halogens is 2. The van der Waals surface area contributed by atoms with E-state index in [0.717, 1.165) is 12.6 Å². The molecule has 1 aromatic heterocycles. The summed E-state index contributed by atoms with van der Waals surface area (Å²) in [5, 5.41) is 5.71. The van der Waals surface area contributed by atoms with E-state index < -0.39 is 0 Å². The monoisotopic (exact) mass is 338 g/mol. The Morgan fingerprint density at radius 3 is 3.00 bits per heavy atom. The maximum Gasteiger partial charge on any atom is 0.0701 e. The molecule has 1 aliphatic rings. The molecule has 2 rings (SSSR count). The molecule has 0 aliphatic carbocycles. The molecule has 0 amide bonds. The SMILES string of the molecule is CN(Cc1csc(Br)c1)C1CCCNCC1.Cl. The smallest absolute Gasteiger partial charge is 0.0701 e. The molecule has 2 heterocycles. The van der Waals surface area contributed by atoms with Gasteiger partial charge in [-0.15, -0.1) is 23.7 Å². The molecule has 2 nitrogen and oxygen atoms in total. The molecule has 1 N–H and O–H groups in total. The summed E-state index contributed by atoms with van der Waals surface area (Å²) in [4.78, 5) is 2.50. The maximum atomic E-state index is 3.52. The molecule has 1 aliphatic heterocycles. The van der Waals surface area contributed by atoms with E-state index >= 15 is 0 Å². The fraction of sp³-hybridized carbons (Fsp3) is 0.667. The van der Waals surface area contributed by atoms with Gasteiger partial charge >= 0.3 is 0 Å². The Hall–Kier alpha value is 0.390. The van der Waals surface area contributed by atoms with Gasteiger partial charge < -0.3 is 5.32 Å². The van der Waals surface area contributed by atoms with Gasteiger partial charge in [0.05, 0.1) is 3.79 Å². The van der Waals surface area contributed by atoms with Crippen molar-refractivity contribution in [2.45, 2.75) is 31.8 Å². The van der Waals surface area contributed by atoms with Crippen molar-refractivity contribution in [3.05, 3.63) is 20.8 Å². The largest absolute Gasteiger partial charge is 0.317 e. The van der Waals surface area contributed by atoms with Crippen molar-refractivity contribution in [3.8, 4) is 0 Å². The molecule has 98 valence electrons. The zero-order valence-electron chi connectivity index (χ0n) is 10.1. The molecule has 0 bridgehead atoms. The molecule has 1 saturated heterocycles. The minimum absolute atomic E-state index is 0. The Kier molecular flexibility index (Phi) is 7.04. The van der Waals surface area contributed by atoms with Crippen molar-refractivity contribution in [1.82, 2.24) is 10.2 Å². The second kappa shape index (κ2) is 7.74. The van der Waals surface area contributed by atoms with Gasteiger partial charge in [-0.1, -0.05) is 0 Å². The fourth-order valence-electron chi connectivity index (χ4n) is 2.29. The first-order chi connectivity index (χ1) is 7.75.